The lowest BCUT2D eigenvalue weighted by atomic mass is 10.0. The van der Waals surface area contributed by atoms with Crippen molar-refractivity contribution in [3.63, 3.8) is 0 Å². The van der Waals surface area contributed by atoms with Crippen LogP contribution in [0.2, 0.25) is 0 Å². The first-order chi connectivity index (χ1) is 9.16. The van der Waals surface area contributed by atoms with Crippen LogP contribution in [0.1, 0.15) is 41.8 Å². The molecule has 1 rings (SSSR count). The molecule has 0 radical (unpaired) electrons. The van der Waals surface area contributed by atoms with Crippen molar-refractivity contribution in [3.8, 4) is 0 Å². The summed E-state index contributed by atoms with van der Waals surface area (Å²) in [6.07, 6.45) is 0.967. The fraction of sp³-hybridized carbons (Fsp3) is 0.500. The Kier molecular flexibility index (Phi) is 5.59. The molecule has 1 unspecified atom stereocenters. The first-order valence-corrected chi connectivity index (χ1v) is 8.81. The van der Waals surface area contributed by atoms with Gasteiger partial charge in [-0.25, -0.2) is 8.42 Å². The van der Waals surface area contributed by atoms with Crippen LogP contribution < -0.4 is 5.32 Å². The maximum Gasteiger partial charge on any atom is 0.261 e. The van der Waals surface area contributed by atoms with Gasteiger partial charge in [-0.05, 0) is 43.0 Å². The Hall–Kier alpha value is -1.07. The van der Waals surface area contributed by atoms with Gasteiger partial charge in [0.05, 0.1) is 4.90 Å². The number of carbonyl (C=O) groups is 1. The van der Waals surface area contributed by atoms with Crippen molar-refractivity contribution < 1.29 is 13.2 Å². The zero-order chi connectivity index (χ0) is 15.5. The minimum atomic E-state index is -3.84. The van der Waals surface area contributed by atoms with Crippen LogP contribution in [0.3, 0.4) is 0 Å². The summed E-state index contributed by atoms with van der Waals surface area (Å²) >= 11 is 0. The molecule has 0 aromatic heterocycles. The van der Waals surface area contributed by atoms with E-state index in [2.05, 4.69) is 5.32 Å². The second kappa shape index (κ2) is 6.59. The van der Waals surface area contributed by atoms with Gasteiger partial charge in [0.15, 0.2) is 0 Å². The molecule has 6 heteroatoms. The van der Waals surface area contributed by atoms with E-state index in [1.165, 1.54) is 12.1 Å². The zero-order valence-electron chi connectivity index (χ0n) is 12.2. The Morgan fingerprint density at radius 3 is 2.45 bits per heavy atom. The molecule has 0 heterocycles. The summed E-state index contributed by atoms with van der Waals surface area (Å²) in [4.78, 5) is 12.1. The SMILES string of the molecule is CCC(C)CNC(=O)c1cc(S(=O)(=O)Cl)cc(C)c1C. The van der Waals surface area contributed by atoms with Gasteiger partial charge >= 0.3 is 0 Å². The average Bonchev–Trinajstić information content (AvgIpc) is 2.37. The third-order valence-electron chi connectivity index (χ3n) is 3.48. The Balaban J connectivity index is 3.11. The normalized spacial score (nSPS) is 13.1. The van der Waals surface area contributed by atoms with E-state index >= 15 is 0 Å². The second-order valence-electron chi connectivity index (χ2n) is 5.07. The third kappa shape index (κ3) is 4.21. The zero-order valence-corrected chi connectivity index (χ0v) is 13.7. The summed E-state index contributed by atoms with van der Waals surface area (Å²) in [6, 6.07) is 2.81. The molecule has 0 aliphatic rings. The van der Waals surface area contributed by atoms with Crippen LogP contribution >= 0.6 is 10.7 Å². The summed E-state index contributed by atoms with van der Waals surface area (Å²) in [5.41, 5.74) is 1.84. The summed E-state index contributed by atoms with van der Waals surface area (Å²) < 4.78 is 22.8. The molecule has 1 aromatic rings. The molecule has 0 fully saturated rings. The Morgan fingerprint density at radius 1 is 1.35 bits per heavy atom. The van der Waals surface area contributed by atoms with Gasteiger partial charge in [-0.1, -0.05) is 20.3 Å². The minimum Gasteiger partial charge on any atom is -0.352 e. The van der Waals surface area contributed by atoms with Crippen molar-refractivity contribution >= 4 is 25.6 Å². The molecular formula is C14H20ClNO3S. The molecule has 0 saturated heterocycles. The summed E-state index contributed by atoms with van der Waals surface area (Å²) in [6.45, 7) is 8.20. The summed E-state index contributed by atoms with van der Waals surface area (Å²) in [7, 11) is 1.51. The number of carbonyl (C=O) groups excluding carboxylic acids is 1. The van der Waals surface area contributed by atoms with Crippen molar-refractivity contribution in [2.24, 2.45) is 5.92 Å². The standard InChI is InChI=1S/C14H20ClNO3S/c1-5-9(2)8-16-14(17)13-7-12(20(15,18)19)6-10(3)11(13)4/h6-7,9H,5,8H2,1-4H3,(H,16,17). The number of rotatable bonds is 5. The van der Waals surface area contributed by atoms with Crippen LogP contribution in [0.4, 0.5) is 0 Å². The molecule has 4 nitrogen and oxygen atoms in total. The van der Waals surface area contributed by atoms with Crippen molar-refractivity contribution in [2.45, 2.75) is 39.0 Å². The monoisotopic (exact) mass is 317 g/mol. The van der Waals surface area contributed by atoms with Crippen molar-refractivity contribution in [2.75, 3.05) is 6.54 Å². The minimum absolute atomic E-state index is 0.0454. The number of halogens is 1. The van der Waals surface area contributed by atoms with Gasteiger partial charge in [-0.3, -0.25) is 4.79 Å². The molecular weight excluding hydrogens is 298 g/mol. The van der Waals surface area contributed by atoms with Crippen LogP contribution in [0, 0.1) is 19.8 Å². The van der Waals surface area contributed by atoms with Gasteiger partial charge in [0.25, 0.3) is 15.0 Å². The molecule has 0 aliphatic heterocycles. The van der Waals surface area contributed by atoms with E-state index < -0.39 is 9.05 Å². The van der Waals surface area contributed by atoms with Gasteiger partial charge < -0.3 is 5.32 Å². The number of hydrogen-bond acceptors (Lipinski definition) is 3. The van der Waals surface area contributed by atoms with E-state index in [1.807, 2.05) is 13.8 Å². The highest BCUT2D eigenvalue weighted by Crippen LogP contribution is 2.22. The van der Waals surface area contributed by atoms with E-state index in [0.717, 1.165) is 17.5 Å². The van der Waals surface area contributed by atoms with Crippen LogP contribution in [-0.4, -0.2) is 20.9 Å². The molecule has 20 heavy (non-hydrogen) atoms. The number of benzene rings is 1. The van der Waals surface area contributed by atoms with Crippen molar-refractivity contribution in [3.05, 3.63) is 28.8 Å². The average molecular weight is 318 g/mol. The number of nitrogens with one attached hydrogen (secondary N) is 1. The number of aryl methyl sites for hydroxylation is 1. The van der Waals surface area contributed by atoms with Crippen LogP contribution in [-0.2, 0) is 9.05 Å². The first-order valence-electron chi connectivity index (χ1n) is 6.51. The Bertz CT molecular complexity index is 611. The number of amides is 1. The first kappa shape index (κ1) is 17.0. The highest BCUT2D eigenvalue weighted by Gasteiger charge is 2.18. The van der Waals surface area contributed by atoms with Crippen LogP contribution in [0.25, 0.3) is 0 Å². The quantitative estimate of drug-likeness (QED) is 0.849. The molecule has 1 amide bonds. The van der Waals surface area contributed by atoms with Crippen LogP contribution in [0.5, 0.6) is 0 Å². The molecule has 0 aliphatic carbocycles. The summed E-state index contributed by atoms with van der Waals surface area (Å²) in [5, 5.41) is 2.82. The molecule has 0 bridgehead atoms. The van der Waals surface area contributed by atoms with Gasteiger partial charge in [0.2, 0.25) is 0 Å². The predicted octanol–water partition coefficient (Wildman–Crippen LogP) is 3.01. The smallest absolute Gasteiger partial charge is 0.261 e. The number of hydrogen-bond donors (Lipinski definition) is 1. The van der Waals surface area contributed by atoms with Crippen molar-refractivity contribution in [1.29, 1.82) is 0 Å². The van der Waals surface area contributed by atoms with E-state index in [9.17, 15) is 13.2 Å². The van der Waals surface area contributed by atoms with Gasteiger partial charge in [-0.15, -0.1) is 0 Å². The lowest BCUT2D eigenvalue weighted by molar-refractivity contribution is 0.0947. The topological polar surface area (TPSA) is 63.2 Å². The largest absolute Gasteiger partial charge is 0.352 e. The van der Waals surface area contributed by atoms with E-state index in [0.29, 0.717) is 18.0 Å². The second-order valence-corrected chi connectivity index (χ2v) is 7.64. The lowest BCUT2D eigenvalue weighted by Gasteiger charge is -2.13. The Labute approximate surface area is 124 Å². The predicted molar refractivity (Wildman–Crippen MR) is 80.7 cm³/mol. The fourth-order valence-corrected chi connectivity index (χ4v) is 2.55. The van der Waals surface area contributed by atoms with Gasteiger partial charge in [0, 0.05) is 22.8 Å². The highest BCUT2D eigenvalue weighted by molar-refractivity contribution is 8.13. The van der Waals surface area contributed by atoms with Gasteiger partial charge in [-0.2, -0.15) is 0 Å². The molecule has 1 atom stereocenters. The van der Waals surface area contributed by atoms with Crippen molar-refractivity contribution in [1.82, 2.24) is 5.32 Å². The maximum absolute atomic E-state index is 12.2. The molecule has 0 spiro atoms. The molecule has 0 saturated carbocycles. The third-order valence-corrected chi connectivity index (χ3v) is 4.81. The van der Waals surface area contributed by atoms with Crippen LogP contribution in [0.15, 0.2) is 17.0 Å². The Morgan fingerprint density at radius 2 is 1.95 bits per heavy atom. The molecule has 1 N–H and O–H groups in total. The maximum atomic E-state index is 12.2. The van der Waals surface area contributed by atoms with E-state index in [1.54, 1.807) is 13.8 Å². The highest BCUT2D eigenvalue weighted by atomic mass is 35.7. The van der Waals surface area contributed by atoms with E-state index in [4.69, 9.17) is 10.7 Å². The van der Waals surface area contributed by atoms with E-state index in [-0.39, 0.29) is 10.8 Å². The molecule has 112 valence electrons. The fourth-order valence-electron chi connectivity index (χ4n) is 1.71. The molecule has 1 aromatic carbocycles. The lowest BCUT2D eigenvalue weighted by Crippen LogP contribution is -2.29. The summed E-state index contributed by atoms with van der Waals surface area (Å²) in [5.74, 6) is 0.105. The van der Waals surface area contributed by atoms with Gasteiger partial charge in [0.1, 0.15) is 0 Å².